The molecule has 0 N–H and O–H groups in total. The van der Waals surface area contributed by atoms with Crippen LogP contribution in [0.1, 0.15) is 0 Å². The predicted molar refractivity (Wildman–Crippen MR) is 76.5 cm³/mol. The molecule has 0 aliphatic rings. The maximum absolute atomic E-state index is 12.3. The van der Waals surface area contributed by atoms with E-state index in [1.165, 1.54) is 11.3 Å². The third kappa shape index (κ3) is 2.62. The summed E-state index contributed by atoms with van der Waals surface area (Å²) in [5, 5.41) is 8.94. The zero-order valence-corrected chi connectivity index (χ0v) is 11.5. The van der Waals surface area contributed by atoms with Gasteiger partial charge in [-0.2, -0.15) is 0 Å². The highest BCUT2D eigenvalue weighted by Gasteiger charge is 2.13. The summed E-state index contributed by atoms with van der Waals surface area (Å²) in [6, 6.07) is 19.1. The van der Waals surface area contributed by atoms with Gasteiger partial charge in [0.1, 0.15) is 15.8 Å². The van der Waals surface area contributed by atoms with Crippen molar-refractivity contribution in [1.29, 1.82) is 0 Å². The Bertz CT molecular complexity index is 696. The van der Waals surface area contributed by atoms with Gasteiger partial charge in [-0.1, -0.05) is 59.9 Å². The van der Waals surface area contributed by atoms with E-state index < -0.39 is 10.8 Å². The molecule has 0 radical (unpaired) electrons. The molecule has 0 saturated heterocycles. The lowest BCUT2D eigenvalue weighted by Crippen LogP contribution is -1.91. The molecule has 5 heteroatoms. The van der Waals surface area contributed by atoms with Gasteiger partial charge in [0.15, 0.2) is 0 Å². The van der Waals surface area contributed by atoms with Gasteiger partial charge in [-0.3, -0.25) is 0 Å². The summed E-state index contributed by atoms with van der Waals surface area (Å²) in [5.41, 5.74) is 0.997. The highest BCUT2D eigenvalue weighted by Crippen LogP contribution is 2.26. The SMILES string of the molecule is O=S(c1ccccc1)c1nnc(-c2ccccc2)s1. The smallest absolute Gasteiger partial charge is 0.209 e. The number of aromatic nitrogens is 2. The first kappa shape index (κ1) is 12.2. The van der Waals surface area contributed by atoms with E-state index in [2.05, 4.69) is 10.2 Å². The molecule has 1 heterocycles. The summed E-state index contributed by atoms with van der Waals surface area (Å²) in [6.07, 6.45) is 0. The quantitative estimate of drug-likeness (QED) is 0.741. The molecule has 19 heavy (non-hydrogen) atoms. The van der Waals surface area contributed by atoms with Gasteiger partial charge in [0.2, 0.25) is 4.34 Å². The van der Waals surface area contributed by atoms with Crippen LogP contribution in [-0.4, -0.2) is 14.4 Å². The highest BCUT2D eigenvalue weighted by molar-refractivity contribution is 7.87. The van der Waals surface area contributed by atoms with E-state index in [0.29, 0.717) is 4.34 Å². The molecule has 94 valence electrons. The molecule has 1 unspecified atom stereocenters. The molecule has 2 aromatic carbocycles. The summed E-state index contributed by atoms with van der Waals surface area (Å²) < 4.78 is 12.8. The monoisotopic (exact) mass is 286 g/mol. The summed E-state index contributed by atoms with van der Waals surface area (Å²) in [5.74, 6) is 0. The second-order valence-electron chi connectivity index (χ2n) is 3.82. The molecule has 0 aliphatic carbocycles. The average Bonchev–Trinajstić information content (AvgIpc) is 2.98. The van der Waals surface area contributed by atoms with Crippen molar-refractivity contribution in [3.05, 3.63) is 60.7 Å². The molecule has 0 saturated carbocycles. The van der Waals surface area contributed by atoms with Crippen molar-refractivity contribution in [1.82, 2.24) is 10.2 Å². The fourth-order valence-electron chi connectivity index (χ4n) is 1.63. The maximum atomic E-state index is 12.3. The predicted octanol–water partition coefficient (Wildman–Crippen LogP) is 3.37. The standard InChI is InChI=1S/C14H10N2OS2/c17-19(12-9-5-2-6-10-12)14-16-15-13(18-14)11-7-3-1-4-8-11/h1-10H. The highest BCUT2D eigenvalue weighted by atomic mass is 32.2. The number of hydrogen-bond donors (Lipinski definition) is 0. The lowest BCUT2D eigenvalue weighted by atomic mass is 10.2. The van der Waals surface area contributed by atoms with Crippen LogP contribution in [0.3, 0.4) is 0 Å². The van der Waals surface area contributed by atoms with E-state index in [0.717, 1.165) is 15.5 Å². The van der Waals surface area contributed by atoms with E-state index in [-0.39, 0.29) is 0 Å². The topological polar surface area (TPSA) is 42.9 Å². The van der Waals surface area contributed by atoms with Gasteiger partial charge < -0.3 is 0 Å². The zero-order chi connectivity index (χ0) is 13.1. The Hall–Kier alpha value is -1.85. The number of rotatable bonds is 3. The van der Waals surface area contributed by atoms with E-state index in [9.17, 15) is 4.21 Å². The molecule has 0 spiro atoms. The Kier molecular flexibility index (Phi) is 3.48. The van der Waals surface area contributed by atoms with Gasteiger partial charge in [-0.05, 0) is 12.1 Å². The molecular formula is C14H10N2OS2. The Morgan fingerprint density at radius 2 is 1.47 bits per heavy atom. The summed E-state index contributed by atoms with van der Waals surface area (Å²) >= 11 is 1.37. The molecule has 0 bridgehead atoms. The van der Waals surface area contributed by atoms with Crippen molar-refractivity contribution in [3.8, 4) is 10.6 Å². The van der Waals surface area contributed by atoms with Crippen LogP contribution in [-0.2, 0) is 10.8 Å². The third-order valence-corrected chi connectivity index (χ3v) is 5.11. The van der Waals surface area contributed by atoms with Crippen LogP contribution in [0.2, 0.25) is 0 Å². The summed E-state index contributed by atoms with van der Waals surface area (Å²) in [7, 11) is -1.25. The van der Waals surface area contributed by atoms with Crippen molar-refractivity contribution >= 4 is 22.1 Å². The molecule has 3 rings (SSSR count). The number of benzene rings is 2. The van der Waals surface area contributed by atoms with Crippen molar-refractivity contribution in [3.63, 3.8) is 0 Å². The minimum atomic E-state index is -1.25. The van der Waals surface area contributed by atoms with Crippen LogP contribution in [0.15, 0.2) is 69.9 Å². The van der Waals surface area contributed by atoms with Crippen LogP contribution in [0.5, 0.6) is 0 Å². The molecule has 0 fully saturated rings. The Morgan fingerprint density at radius 1 is 0.842 bits per heavy atom. The minimum Gasteiger partial charge on any atom is -0.247 e. The van der Waals surface area contributed by atoms with Crippen molar-refractivity contribution in [2.75, 3.05) is 0 Å². The lowest BCUT2D eigenvalue weighted by molar-refractivity contribution is 0.681. The van der Waals surface area contributed by atoms with Crippen LogP contribution in [0, 0.1) is 0 Å². The molecule has 3 nitrogen and oxygen atoms in total. The summed E-state index contributed by atoms with van der Waals surface area (Å²) in [4.78, 5) is 0.748. The van der Waals surface area contributed by atoms with Crippen LogP contribution in [0.25, 0.3) is 10.6 Å². The molecule has 1 atom stereocenters. The first-order chi connectivity index (χ1) is 9.34. The van der Waals surface area contributed by atoms with Gasteiger partial charge in [-0.25, -0.2) is 4.21 Å². The van der Waals surface area contributed by atoms with Gasteiger partial charge in [-0.15, -0.1) is 10.2 Å². The Labute approximate surface area is 117 Å². The van der Waals surface area contributed by atoms with Crippen molar-refractivity contribution < 1.29 is 4.21 Å². The molecule has 0 amide bonds. The van der Waals surface area contributed by atoms with E-state index in [4.69, 9.17) is 0 Å². The minimum absolute atomic E-state index is 0.532. The van der Waals surface area contributed by atoms with E-state index >= 15 is 0 Å². The van der Waals surface area contributed by atoms with Gasteiger partial charge in [0.05, 0.1) is 0 Å². The fourth-order valence-corrected chi connectivity index (χ4v) is 3.76. The first-order valence-electron chi connectivity index (χ1n) is 5.70. The summed E-state index contributed by atoms with van der Waals surface area (Å²) in [6.45, 7) is 0. The second-order valence-corrected chi connectivity index (χ2v) is 6.45. The van der Waals surface area contributed by atoms with E-state index in [1.54, 1.807) is 0 Å². The van der Waals surface area contributed by atoms with E-state index in [1.807, 2.05) is 60.7 Å². The second kappa shape index (κ2) is 5.42. The lowest BCUT2D eigenvalue weighted by Gasteiger charge is -1.95. The van der Waals surface area contributed by atoms with Gasteiger partial charge >= 0.3 is 0 Å². The molecule has 1 aromatic heterocycles. The maximum Gasteiger partial charge on any atom is 0.209 e. The van der Waals surface area contributed by atoms with Crippen molar-refractivity contribution in [2.45, 2.75) is 9.24 Å². The number of hydrogen-bond acceptors (Lipinski definition) is 4. The van der Waals surface area contributed by atoms with Gasteiger partial charge in [0, 0.05) is 10.5 Å². The molecular weight excluding hydrogens is 276 g/mol. The van der Waals surface area contributed by atoms with Gasteiger partial charge in [0.25, 0.3) is 0 Å². The molecule has 3 aromatic rings. The van der Waals surface area contributed by atoms with Crippen molar-refractivity contribution in [2.24, 2.45) is 0 Å². The zero-order valence-electron chi connectivity index (χ0n) is 9.89. The van der Waals surface area contributed by atoms with Crippen LogP contribution >= 0.6 is 11.3 Å². The normalized spacial score (nSPS) is 12.2. The van der Waals surface area contributed by atoms with Crippen LogP contribution < -0.4 is 0 Å². The van der Waals surface area contributed by atoms with Crippen LogP contribution in [0.4, 0.5) is 0 Å². The average molecular weight is 286 g/mol. The Morgan fingerprint density at radius 3 is 2.16 bits per heavy atom. The largest absolute Gasteiger partial charge is 0.247 e. The molecule has 0 aliphatic heterocycles. The first-order valence-corrected chi connectivity index (χ1v) is 7.67. The third-order valence-electron chi connectivity index (χ3n) is 2.54. The number of nitrogens with zero attached hydrogens (tertiary/aromatic N) is 2. The fraction of sp³-hybridized carbons (Fsp3) is 0. The Balaban J connectivity index is 1.92.